The van der Waals surface area contributed by atoms with Gasteiger partial charge in [-0.1, -0.05) is 6.92 Å². The zero-order chi connectivity index (χ0) is 20.5. The number of hydrogen-bond acceptors (Lipinski definition) is 5. The van der Waals surface area contributed by atoms with Gasteiger partial charge in [0, 0.05) is 6.07 Å². The van der Waals surface area contributed by atoms with Gasteiger partial charge in [-0.3, -0.25) is 4.79 Å². The molecule has 150 valence electrons. The maximum Gasteiger partial charge on any atom is 0.346 e. The van der Waals surface area contributed by atoms with Gasteiger partial charge in [-0.2, -0.15) is 0 Å². The zero-order valence-electron chi connectivity index (χ0n) is 15.6. The van der Waals surface area contributed by atoms with Gasteiger partial charge in [0.05, 0.1) is 25.8 Å². The number of carboxylic acid groups (broad SMARTS) is 1. The summed E-state index contributed by atoms with van der Waals surface area (Å²) in [5.74, 6) is -1.19. The van der Waals surface area contributed by atoms with Gasteiger partial charge >= 0.3 is 5.97 Å². The summed E-state index contributed by atoms with van der Waals surface area (Å²) in [7, 11) is 1.50. The smallest absolute Gasteiger partial charge is 0.346 e. The van der Waals surface area contributed by atoms with Crippen LogP contribution < -0.4 is 19.5 Å². The summed E-state index contributed by atoms with van der Waals surface area (Å²) in [5, 5.41) is 11.8. The number of halogens is 1. The van der Waals surface area contributed by atoms with E-state index in [1.165, 1.54) is 25.3 Å². The Hall–Kier alpha value is -3.29. The molecule has 0 aliphatic rings. The number of ether oxygens (including phenoxy) is 3. The number of carbonyl (C=O) groups is 2. The largest absolute Gasteiger partial charge is 0.497 e. The lowest BCUT2D eigenvalue weighted by Gasteiger charge is -2.17. The third kappa shape index (κ3) is 5.87. The first-order valence-electron chi connectivity index (χ1n) is 8.68. The molecule has 0 aromatic heterocycles. The van der Waals surface area contributed by atoms with Gasteiger partial charge in [0.2, 0.25) is 6.10 Å². The van der Waals surface area contributed by atoms with Gasteiger partial charge in [-0.25, -0.2) is 9.18 Å². The summed E-state index contributed by atoms with van der Waals surface area (Å²) in [6.45, 7) is 2.06. The number of carbonyl (C=O) groups excluding carboxylic acids is 1. The molecule has 1 unspecified atom stereocenters. The molecule has 0 aliphatic carbocycles. The molecular weight excluding hydrogens is 369 g/mol. The summed E-state index contributed by atoms with van der Waals surface area (Å²) < 4.78 is 29.0. The van der Waals surface area contributed by atoms with Crippen LogP contribution in [-0.2, 0) is 4.79 Å². The summed E-state index contributed by atoms with van der Waals surface area (Å²) >= 11 is 0. The van der Waals surface area contributed by atoms with Crippen molar-refractivity contribution in [2.45, 2.75) is 19.4 Å². The Bertz CT molecular complexity index is 809. The first-order valence-corrected chi connectivity index (χ1v) is 8.68. The van der Waals surface area contributed by atoms with Crippen LogP contribution in [0.4, 0.5) is 4.39 Å². The summed E-state index contributed by atoms with van der Waals surface area (Å²) in [5.41, 5.74) is 0.250. The average molecular weight is 391 g/mol. The highest BCUT2D eigenvalue weighted by atomic mass is 19.1. The standard InChI is InChI=1S/C20H22FNO6/c1-3-10-27-17-11-15(26-2)8-9-16(17)19(23)22-12-18(20(24)25)28-14-6-4-13(21)5-7-14/h4-9,11,18H,3,10,12H2,1-2H3,(H,22,23)(H,24,25). The molecule has 0 saturated heterocycles. The van der Waals surface area contributed by atoms with Crippen LogP contribution in [0.25, 0.3) is 0 Å². The maximum absolute atomic E-state index is 13.0. The van der Waals surface area contributed by atoms with Crippen LogP contribution in [0.2, 0.25) is 0 Å². The highest BCUT2D eigenvalue weighted by molar-refractivity contribution is 5.97. The normalized spacial score (nSPS) is 11.4. The molecule has 1 amide bonds. The topological polar surface area (TPSA) is 94.1 Å². The number of carboxylic acids is 1. The molecule has 2 rings (SSSR count). The molecule has 28 heavy (non-hydrogen) atoms. The summed E-state index contributed by atoms with van der Waals surface area (Å²) in [4.78, 5) is 23.9. The minimum atomic E-state index is -1.34. The van der Waals surface area contributed by atoms with E-state index in [0.29, 0.717) is 18.1 Å². The van der Waals surface area contributed by atoms with Crippen LogP contribution in [0.1, 0.15) is 23.7 Å². The third-order valence-corrected chi connectivity index (χ3v) is 3.71. The van der Waals surface area contributed by atoms with Crippen molar-refractivity contribution in [3.05, 3.63) is 53.8 Å². The van der Waals surface area contributed by atoms with Gasteiger partial charge in [0.25, 0.3) is 5.91 Å². The second-order valence-electron chi connectivity index (χ2n) is 5.82. The predicted octanol–water partition coefficient (Wildman–Crippen LogP) is 2.89. The predicted molar refractivity (Wildman–Crippen MR) is 99.6 cm³/mol. The first kappa shape index (κ1) is 21.0. The van der Waals surface area contributed by atoms with E-state index in [0.717, 1.165) is 18.6 Å². The first-order chi connectivity index (χ1) is 13.4. The highest BCUT2D eigenvalue weighted by Gasteiger charge is 2.22. The zero-order valence-corrected chi connectivity index (χ0v) is 15.6. The van der Waals surface area contributed by atoms with Gasteiger partial charge in [0.1, 0.15) is 23.1 Å². The lowest BCUT2D eigenvalue weighted by Crippen LogP contribution is -2.40. The van der Waals surface area contributed by atoms with Crippen molar-refractivity contribution in [2.24, 2.45) is 0 Å². The number of nitrogens with one attached hydrogen (secondary N) is 1. The van der Waals surface area contributed by atoms with Crippen molar-refractivity contribution >= 4 is 11.9 Å². The van der Waals surface area contributed by atoms with Crippen LogP contribution >= 0.6 is 0 Å². The quantitative estimate of drug-likeness (QED) is 0.647. The minimum absolute atomic E-state index is 0.180. The Labute approximate surface area is 162 Å². The molecule has 2 aromatic carbocycles. The molecule has 0 fully saturated rings. The lowest BCUT2D eigenvalue weighted by molar-refractivity contribution is -0.144. The lowest BCUT2D eigenvalue weighted by atomic mass is 10.1. The maximum atomic E-state index is 13.0. The van der Waals surface area contributed by atoms with Crippen LogP contribution in [-0.4, -0.2) is 43.3 Å². The van der Waals surface area contributed by atoms with Crippen molar-refractivity contribution in [1.82, 2.24) is 5.32 Å². The molecule has 0 aliphatic heterocycles. The highest BCUT2D eigenvalue weighted by Crippen LogP contribution is 2.25. The van der Waals surface area contributed by atoms with Crippen LogP contribution in [0.5, 0.6) is 17.2 Å². The minimum Gasteiger partial charge on any atom is -0.497 e. The van der Waals surface area contributed by atoms with Gasteiger partial charge in [-0.15, -0.1) is 0 Å². The van der Waals surface area contributed by atoms with Crippen LogP contribution in [0.15, 0.2) is 42.5 Å². The monoisotopic (exact) mass is 391 g/mol. The van der Waals surface area contributed by atoms with Crippen molar-refractivity contribution in [1.29, 1.82) is 0 Å². The number of benzene rings is 2. The Morgan fingerprint density at radius 2 is 1.82 bits per heavy atom. The Balaban J connectivity index is 2.07. The van der Waals surface area contributed by atoms with E-state index in [2.05, 4.69) is 5.32 Å². The molecular formula is C20H22FNO6. The molecule has 0 heterocycles. The van der Waals surface area contributed by atoms with E-state index >= 15 is 0 Å². The molecule has 2 N–H and O–H groups in total. The molecule has 2 aromatic rings. The van der Waals surface area contributed by atoms with Crippen LogP contribution in [0, 0.1) is 5.82 Å². The van der Waals surface area contributed by atoms with E-state index in [9.17, 15) is 19.1 Å². The van der Waals surface area contributed by atoms with Gasteiger partial charge in [0.15, 0.2) is 0 Å². The fraction of sp³-hybridized carbons (Fsp3) is 0.300. The summed E-state index contributed by atoms with van der Waals surface area (Å²) in [6, 6.07) is 9.67. The fourth-order valence-electron chi connectivity index (χ4n) is 2.29. The molecule has 1 atom stereocenters. The average Bonchev–Trinajstić information content (AvgIpc) is 2.70. The van der Waals surface area contributed by atoms with Crippen molar-refractivity contribution in [3.63, 3.8) is 0 Å². The van der Waals surface area contributed by atoms with E-state index in [1.54, 1.807) is 12.1 Å². The van der Waals surface area contributed by atoms with Crippen molar-refractivity contribution in [2.75, 3.05) is 20.3 Å². The van der Waals surface area contributed by atoms with E-state index < -0.39 is 23.8 Å². The second-order valence-corrected chi connectivity index (χ2v) is 5.82. The number of amides is 1. The van der Waals surface area contributed by atoms with E-state index in [1.807, 2.05) is 6.92 Å². The molecule has 8 heteroatoms. The number of hydrogen-bond donors (Lipinski definition) is 2. The number of methoxy groups -OCH3 is 1. The third-order valence-electron chi connectivity index (χ3n) is 3.71. The Morgan fingerprint density at radius 1 is 1.14 bits per heavy atom. The molecule has 7 nitrogen and oxygen atoms in total. The fourth-order valence-corrected chi connectivity index (χ4v) is 2.29. The van der Waals surface area contributed by atoms with Gasteiger partial charge in [-0.05, 0) is 42.8 Å². The number of rotatable bonds is 10. The summed E-state index contributed by atoms with van der Waals surface area (Å²) in [6.07, 6.45) is -0.585. The van der Waals surface area contributed by atoms with Crippen LogP contribution in [0.3, 0.4) is 0 Å². The molecule has 0 saturated carbocycles. The molecule has 0 bridgehead atoms. The van der Waals surface area contributed by atoms with E-state index in [4.69, 9.17) is 14.2 Å². The molecule has 0 radical (unpaired) electrons. The second kappa shape index (κ2) is 10.1. The number of aliphatic carboxylic acids is 1. The Morgan fingerprint density at radius 3 is 2.43 bits per heavy atom. The Kier molecular flexibility index (Phi) is 7.62. The van der Waals surface area contributed by atoms with E-state index in [-0.39, 0.29) is 17.9 Å². The molecule has 0 spiro atoms. The SMILES string of the molecule is CCCOc1cc(OC)ccc1C(=O)NCC(Oc1ccc(F)cc1)C(=O)O. The van der Waals surface area contributed by atoms with Crippen molar-refractivity contribution in [3.8, 4) is 17.2 Å². The van der Waals surface area contributed by atoms with Gasteiger partial charge < -0.3 is 24.6 Å². The van der Waals surface area contributed by atoms with Crippen molar-refractivity contribution < 1.29 is 33.3 Å².